The maximum atomic E-state index is 12.0. The number of anilines is 1. The van der Waals surface area contributed by atoms with Gasteiger partial charge in [0, 0.05) is 19.1 Å². The molecule has 21 heavy (non-hydrogen) atoms. The van der Waals surface area contributed by atoms with E-state index in [1.54, 1.807) is 4.68 Å². The maximum absolute atomic E-state index is 12.0. The molecular formula is C15H27N5O. The Labute approximate surface area is 126 Å². The zero-order valence-electron chi connectivity index (χ0n) is 13.4. The fourth-order valence-corrected chi connectivity index (χ4v) is 2.96. The summed E-state index contributed by atoms with van der Waals surface area (Å²) >= 11 is 0. The van der Waals surface area contributed by atoms with Gasteiger partial charge in [-0.15, -0.1) is 0 Å². The number of likely N-dealkylation sites (N-methyl/N-ethyl adjacent to an activating group) is 1. The first-order valence-electron chi connectivity index (χ1n) is 7.75. The number of carbonyl (C=O) groups is 1. The highest BCUT2D eigenvalue weighted by Gasteiger charge is 2.19. The van der Waals surface area contributed by atoms with E-state index in [1.807, 2.05) is 13.8 Å². The Hall–Kier alpha value is -1.56. The van der Waals surface area contributed by atoms with Crippen LogP contribution in [0.3, 0.4) is 0 Å². The zero-order valence-corrected chi connectivity index (χ0v) is 13.4. The van der Waals surface area contributed by atoms with Gasteiger partial charge in [0.1, 0.15) is 6.54 Å². The minimum Gasteiger partial charge on any atom is -0.396 e. The SMILES string of the molecule is Cc1nn(CC(=O)NCCN(C)C2CCCC2)c(C)c1N. The van der Waals surface area contributed by atoms with Gasteiger partial charge in [-0.3, -0.25) is 9.48 Å². The number of amides is 1. The molecule has 2 rings (SSSR count). The average Bonchev–Trinajstić information content (AvgIpc) is 3.05. The van der Waals surface area contributed by atoms with Crippen molar-refractivity contribution < 1.29 is 4.79 Å². The Morgan fingerprint density at radius 1 is 1.43 bits per heavy atom. The van der Waals surface area contributed by atoms with E-state index < -0.39 is 0 Å². The van der Waals surface area contributed by atoms with Crippen molar-refractivity contribution in [2.75, 3.05) is 25.9 Å². The highest BCUT2D eigenvalue weighted by molar-refractivity contribution is 5.75. The number of carbonyl (C=O) groups excluding carboxylic acids is 1. The molecule has 1 aromatic heterocycles. The smallest absolute Gasteiger partial charge is 0.241 e. The molecule has 6 nitrogen and oxygen atoms in total. The summed E-state index contributed by atoms with van der Waals surface area (Å²) in [6.45, 7) is 5.55. The third-order valence-corrected chi connectivity index (χ3v) is 4.47. The molecule has 1 aliphatic rings. The van der Waals surface area contributed by atoms with E-state index in [9.17, 15) is 4.79 Å². The second-order valence-electron chi connectivity index (χ2n) is 6.01. The first-order valence-corrected chi connectivity index (χ1v) is 7.75. The average molecular weight is 293 g/mol. The third-order valence-electron chi connectivity index (χ3n) is 4.47. The topological polar surface area (TPSA) is 76.2 Å². The molecule has 118 valence electrons. The molecular weight excluding hydrogens is 266 g/mol. The second kappa shape index (κ2) is 6.93. The minimum atomic E-state index is -0.0135. The van der Waals surface area contributed by atoms with Crippen LogP contribution in [0.25, 0.3) is 0 Å². The predicted molar refractivity (Wildman–Crippen MR) is 84.0 cm³/mol. The Kier molecular flexibility index (Phi) is 5.22. The molecule has 6 heteroatoms. The van der Waals surface area contributed by atoms with Crippen LogP contribution in [0.1, 0.15) is 37.1 Å². The Morgan fingerprint density at radius 2 is 2.10 bits per heavy atom. The van der Waals surface area contributed by atoms with Gasteiger partial charge in [0.2, 0.25) is 5.91 Å². The molecule has 1 amide bonds. The summed E-state index contributed by atoms with van der Waals surface area (Å²) in [6.07, 6.45) is 5.24. The van der Waals surface area contributed by atoms with E-state index in [4.69, 9.17) is 5.73 Å². The van der Waals surface area contributed by atoms with Gasteiger partial charge in [-0.25, -0.2) is 0 Å². The van der Waals surface area contributed by atoms with Crippen LogP contribution >= 0.6 is 0 Å². The quantitative estimate of drug-likeness (QED) is 0.822. The van der Waals surface area contributed by atoms with Crippen molar-refractivity contribution in [2.45, 2.75) is 52.1 Å². The summed E-state index contributed by atoms with van der Waals surface area (Å²) < 4.78 is 1.67. The van der Waals surface area contributed by atoms with Gasteiger partial charge in [-0.1, -0.05) is 12.8 Å². The number of aryl methyl sites for hydroxylation is 1. The lowest BCUT2D eigenvalue weighted by atomic mass is 10.2. The van der Waals surface area contributed by atoms with Crippen molar-refractivity contribution in [3.63, 3.8) is 0 Å². The molecule has 0 atom stereocenters. The van der Waals surface area contributed by atoms with Crippen molar-refractivity contribution >= 4 is 11.6 Å². The maximum Gasteiger partial charge on any atom is 0.241 e. The fraction of sp³-hybridized carbons (Fsp3) is 0.733. The molecule has 0 spiro atoms. The van der Waals surface area contributed by atoms with E-state index >= 15 is 0 Å². The second-order valence-corrected chi connectivity index (χ2v) is 6.01. The molecule has 1 fully saturated rings. The Balaban J connectivity index is 1.73. The van der Waals surface area contributed by atoms with E-state index in [-0.39, 0.29) is 12.5 Å². The summed E-state index contributed by atoms with van der Waals surface area (Å²) in [5.74, 6) is -0.0135. The molecule has 0 unspecified atom stereocenters. The normalized spacial score (nSPS) is 15.8. The minimum absolute atomic E-state index is 0.0135. The van der Waals surface area contributed by atoms with Crippen LogP contribution in [-0.4, -0.2) is 46.8 Å². The first kappa shape index (κ1) is 15.8. The zero-order chi connectivity index (χ0) is 15.4. The van der Waals surface area contributed by atoms with Gasteiger partial charge in [-0.05, 0) is 33.7 Å². The summed E-state index contributed by atoms with van der Waals surface area (Å²) in [7, 11) is 2.14. The molecule has 1 aromatic rings. The Bertz CT molecular complexity index is 490. The number of aromatic nitrogens is 2. The summed E-state index contributed by atoms with van der Waals surface area (Å²) in [6, 6.07) is 0.692. The monoisotopic (exact) mass is 293 g/mol. The van der Waals surface area contributed by atoms with Gasteiger partial charge < -0.3 is 16.0 Å². The number of hydrogen-bond acceptors (Lipinski definition) is 4. The molecule has 0 aliphatic heterocycles. The van der Waals surface area contributed by atoms with Gasteiger partial charge in [-0.2, -0.15) is 5.10 Å². The lowest BCUT2D eigenvalue weighted by Crippen LogP contribution is -2.38. The van der Waals surface area contributed by atoms with Gasteiger partial charge in [0.25, 0.3) is 0 Å². The summed E-state index contributed by atoms with van der Waals surface area (Å²) in [5, 5.41) is 7.24. The van der Waals surface area contributed by atoms with E-state index in [1.165, 1.54) is 25.7 Å². The molecule has 1 aliphatic carbocycles. The predicted octanol–water partition coefficient (Wildman–Crippen LogP) is 1.07. The van der Waals surface area contributed by atoms with Crippen LogP contribution in [0.15, 0.2) is 0 Å². The van der Waals surface area contributed by atoms with Crippen LogP contribution in [0.4, 0.5) is 5.69 Å². The van der Waals surface area contributed by atoms with Gasteiger partial charge >= 0.3 is 0 Å². The van der Waals surface area contributed by atoms with Crippen molar-refractivity contribution in [3.05, 3.63) is 11.4 Å². The van der Waals surface area contributed by atoms with Crippen molar-refractivity contribution in [1.82, 2.24) is 20.0 Å². The van der Waals surface area contributed by atoms with Gasteiger partial charge in [0.05, 0.1) is 17.1 Å². The van der Waals surface area contributed by atoms with Crippen LogP contribution in [0.2, 0.25) is 0 Å². The van der Waals surface area contributed by atoms with Crippen LogP contribution in [0.5, 0.6) is 0 Å². The molecule has 0 saturated heterocycles. The number of hydrogen-bond donors (Lipinski definition) is 2. The van der Waals surface area contributed by atoms with Crippen LogP contribution in [-0.2, 0) is 11.3 Å². The van der Waals surface area contributed by atoms with Crippen molar-refractivity contribution in [3.8, 4) is 0 Å². The number of nitrogens with zero attached hydrogens (tertiary/aromatic N) is 3. The van der Waals surface area contributed by atoms with E-state index in [2.05, 4.69) is 22.4 Å². The van der Waals surface area contributed by atoms with Crippen molar-refractivity contribution in [1.29, 1.82) is 0 Å². The molecule has 3 N–H and O–H groups in total. The summed E-state index contributed by atoms with van der Waals surface area (Å²) in [4.78, 5) is 14.3. The fourth-order valence-electron chi connectivity index (χ4n) is 2.96. The molecule has 1 saturated carbocycles. The number of rotatable bonds is 6. The first-order chi connectivity index (χ1) is 9.99. The van der Waals surface area contributed by atoms with Gasteiger partial charge in [0.15, 0.2) is 0 Å². The summed E-state index contributed by atoms with van der Waals surface area (Å²) in [5.41, 5.74) is 8.17. The van der Waals surface area contributed by atoms with Crippen LogP contribution in [0, 0.1) is 13.8 Å². The third kappa shape index (κ3) is 3.97. The largest absolute Gasteiger partial charge is 0.396 e. The number of nitrogens with one attached hydrogen (secondary N) is 1. The molecule has 0 aromatic carbocycles. The highest BCUT2D eigenvalue weighted by Crippen LogP contribution is 2.21. The standard InChI is InChI=1S/C15H27N5O/c1-11-15(16)12(2)20(18-11)10-14(21)17-8-9-19(3)13-6-4-5-7-13/h13H,4-10,16H2,1-3H3,(H,17,21). The lowest BCUT2D eigenvalue weighted by Gasteiger charge is -2.23. The van der Waals surface area contributed by atoms with Crippen LogP contribution < -0.4 is 11.1 Å². The highest BCUT2D eigenvalue weighted by atomic mass is 16.2. The van der Waals surface area contributed by atoms with E-state index in [0.717, 1.165) is 17.9 Å². The lowest BCUT2D eigenvalue weighted by molar-refractivity contribution is -0.121. The Morgan fingerprint density at radius 3 is 2.67 bits per heavy atom. The van der Waals surface area contributed by atoms with E-state index in [0.29, 0.717) is 18.3 Å². The number of nitrogen functional groups attached to an aromatic ring is 1. The van der Waals surface area contributed by atoms with Crippen molar-refractivity contribution in [2.24, 2.45) is 0 Å². The molecule has 0 radical (unpaired) electrons. The molecule has 0 bridgehead atoms. The number of nitrogens with two attached hydrogens (primary N) is 1. The molecule has 1 heterocycles.